The first-order valence-corrected chi connectivity index (χ1v) is 5.27. The zero-order chi connectivity index (χ0) is 10.1. The van der Waals surface area contributed by atoms with Crippen molar-refractivity contribution in [3.8, 4) is 0 Å². The highest BCUT2D eigenvalue weighted by atomic mass is 14.7. The van der Waals surface area contributed by atoms with Crippen molar-refractivity contribution in [2.75, 3.05) is 6.54 Å². The van der Waals surface area contributed by atoms with Crippen LogP contribution in [0, 0.1) is 6.92 Å². The molecule has 76 valence electrons. The predicted octanol–water partition coefficient (Wildman–Crippen LogP) is 1.31. The molecule has 14 heavy (non-hydrogen) atoms. The number of fused-ring (bicyclic) bond motifs is 1. The molecule has 0 bridgehead atoms. The van der Waals surface area contributed by atoms with Gasteiger partial charge in [-0.05, 0) is 30.9 Å². The smallest absolute Gasteiger partial charge is 0.0123 e. The topological polar surface area (TPSA) is 52.0 Å². The molecule has 2 nitrogen and oxygen atoms in total. The molecule has 0 radical (unpaired) electrons. The van der Waals surface area contributed by atoms with Crippen molar-refractivity contribution in [2.45, 2.75) is 31.7 Å². The normalized spacial score (nSPS) is 25.9. The highest BCUT2D eigenvalue weighted by Crippen LogP contribution is 2.30. The summed E-state index contributed by atoms with van der Waals surface area (Å²) in [5.74, 6) is 0.361. The summed E-state index contributed by atoms with van der Waals surface area (Å²) in [6, 6.07) is 6.86. The average Bonchev–Trinajstić information content (AvgIpc) is 2.18. The summed E-state index contributed by atoms with van der Waals surface area (Å²) >= 11 is 0. The summed E-state index contributed by atoms with van der Waals surface area (Å²) < 4.78 is 0. The molecule has 4 N–H and O–H groups in total. The fraction of sp³-hybridized carbons (Fsp3) is 0.500. The van der Waals surface area contributed by atoms with Gasteiger partial charge in [0.15, 0.2) is 0 Å². The van der Waals surface area contributed by atoms with Crippen LogP contribution < -0.4 is 11.5 Å². The number of aryl methyl sites for hydroxylation is 2. The molecule has 2 rings (SSSR count). The van der Waals surface area contributed by atoms with Gasteiger partial charge in [0.05, 0.1) is 0 Å². The van der Waals surface area contributed by atoms with E-state index in [2.05, 4.69) is 25.1 Å². The molecule has 0 spiro atoms. The van der Waals surface area contributed by atoms with E-state index in [0.717, 1.165) is 12.8 Å². The molecule has 1 aliphatic rings. The maximum absolute atomic E-state index is 6.06. The molecule has 1 aromatic rings. The van der Waals surface area contributed by atoms with Crippen LogP contribution in [0.5, 0.6) is 0 Å². The lowest BCUT2D eigenvalue weighted by molar-refractivity contribution is 0.476. The standard InChI is InChI=1S/C12H18N2/c1-8-2-4-10-9(6-8)3-5-12(14)11(10)7-13/h2,4,6,11-12H,3,5,7,13-14H2,1H3. The summed E-state index contributed by atoms with van der Waals surface area (Å²) in [4.78, 5) is 0. The molecule has 0 aliphatic heterocycles. The Bertz CT molecular complexity index is 333. The third-order valence-corrected chi connectivity index (χ3v) is 3.22. The van der Waals surface area contributed by atoms with Crippen molar-refractivity contribution in [1.29, 1.82) is 0 Å². The van der Waals surface area contributed by atoms with Crippen LogP contribution in [0.3, 0.4) is 0 Å². The molecule has 0 saturated heterocycles. The molecule has 0 saturated carbocycles. The largest absolute Gasteiger partial charge is 0.330 e. The van der Waals surface area contributed by atoms with Crippen molar-refractivity contribution in [2.24, 2.45) is 11.5 Å². The van der Waals surface area contributed by atoms with Gasteiger partial charge in [0.1, 0.15) is 0 Å². The van der Waals surface area contributed by atoms with Crippen LogP contribution in [0.1, 0.15) is 29.0 Å². The van der Waals surface area contributed by atoms with Gasteiger partial charge in [0.2, 0.25) is 0 Å². The van der Waals surface area contributed by atoms with Crippen LogP contribution in [-0.4, -0.2) is 12.6 Å². The summed E-state index contributed by atoms with van der Waals surface area (Å²) in [6.45, 7) is 2.80. The molecule has 2 unspecified atom stereocenters. The molecular weight excluding hydrogens is 172 g/mol. The zero-order valence-corrected chi connectivity index (χ0v) is 8.66. The lowest BCUT2D eigenvalue weighted by Gasteiger charge is -2.30. The SMILES string of the molecule is Cc1ccc2c(c1)CCC(N)C2CN. The van der Waals surface area contributed by atoms with Gasteiger partial charge >= 0.3 is 0 Å². The van der Waals surface area contributed by atoms with Gasteiger partial charge in [-0.1, -0.05) is 23.8 Å². The maximum Gasteiger partial charge on any atom is 0.0123 e. The van der Waals surface area contributed by atoms with E-state index in [-0.39, 0.29) is 6.04 Å². The third kappa shape index (κ3) is 1.56. The quantitative estimate of drug-likeness (QED) is 0.701. The Morgan fingerprint density at radius 3 is 2.93 bits per heavy atom. The van der Waals surface area contributed by atoms with Crippen molar-refractivity contribution in [1.82, 2.24) is 0 Å². The van der Waals surface area contributed by atoms with E-state index in [9.17, 15) is 0 Å². The highest BCUT2D eigenvalue weighted by molar-refractivity contribution is 5.37. The molecular formula is C12H18N2. The highest BCUT2D eigenvalue weighted by Gasteiger charge is 2.25. The van der Waals surface area contributed by atoms with E-state index in [1.807, 2.05) is 0 Å². The van der Waals surface area contributed by atoms with E-state index in [0.29, 0.717) is 12.5 Å². The Morgan fingerprint density at radius 2 is 2.21 bits per heavy atom. The number of rotatable bonds is 1. The fourth-order valence-electron chi connectivity index (χ4n) is 2.37. The van der Waals surface area contributed by atoms with Crippen molar-refractivity contribution >= 4 is 0 Å². The van der Waals surface area contributed by atoms with E-state index < -0.39 is 0 Å². The minimum atomic E-state index is 0.246. The van der Waals surface area contributed by atoms with E-state index in [1.54, 1.807) is 0 Å². The minimum absolute atomic E-state index is 0.246. The summed E-state index contributed by atoms with van der Waals surface area (Å²) in [5.41, 5.74) is 16.0. The average molecular weight is 190 g/mol. The van der Waals surface area contributed by atoms with Crippen molar-refractivity contribution in [3.05, 3.63) is 34.9 Å². The second-order valence-electron chi connectivity index (χ2n) is 4.25. The van der Waals surface area contributed by atoms with Crippen LogP contribution in [0.25, 0.3) is 0 Å². The lowest BCUT2D eigenvalue weighted by Crippen LogP contribution is -2.37. The summed E-state index contributed by atoms with van der Waals surface area (Å²) in [6.07, 6.45) is 2.17. The first-order valence-electron chi connectivity index (χ1n) is 5.27. The monoisotopic (exact) mass is 190 g/mol. The number of nitrogens with two attached hydrogens (primary N) is 2. The van der Waals surface area contributed by atoms with Gasteiger partial charge in [0, 0.05) is 18.5 Å². The Kier molecular flexibility index (Phi) is 2.57. The van der Waals surface area contributed by atoms with Gasteiger partial charge < -0.3 is 11.5 Å². The number of hydrogen-bond donors (Lipinski definition) is 2. The second-order valence-corrected chi connectivity index (χ2v) is 4.25. The Balaban J connectivity index is 2.41. The van der Waals surface area contributed by atoms with E-state index >= 15 is 0 Å². The van der Waals surface area contributed by atoms with Gasteiger partial charge in [0.25, 0.3) is 0 Å². The van der Waals surface area contributed by atoms with E-state index in [1.165, 1.54) is 16.7 Å². The predicted molar refractivity (Wildman–Crippen MR) is 59.3 cm³/mol. The van der Waals surface area contributed by atoms with Crippen LogP contribution in [0.2, 0.25) is 0 Å². The van der Waals surface area contributed by atoms with Gasteiger partial charge in [-0.3, -0.25) is 0 Å². The molecule has 0 aromatic heterocycles. The fourth-order valence-corrected chi connectivity index (χ4v) is 2.37. The second kappa shape index (κ2) is 3.71. The minimum Gasteiger partial charge on any atom is -0.330 e. The molecule has 0 amide bonds. The Morgan fingerprint density at radius 1 is 1.43 bits per heavy atom. The molecule has 0 heterocycles. The Hall–Kier alpha value is -0.860. The van der Waals surface area contributed by atoms with Crippen LogP contribution in [0.15, 0.2) is 18.2 Å². The zero-order valence-electron chi connectivity index (χ0n) is 8.66. The van der Waals surface area contributed by atoms with Crippen LogP contribution in [0.4, 0.5) is 0 Å². The molecule has 0 fully saturated rings. The van der Waals surface area contributed by atoms with Crippen LogP contribution >= 0.6 is 0 Å². The van der Waals surface area contributed by atoms with Crippen molar-refractivity contribution in [3.63, 3.8) is 0 Å². The van der Waals surface area contributed by atoms with Gasteiger partial charge in [-0.15, -0.1) is 0 Å². The molecule has 1 aromatic carbocycles. The lowest BCUT2D eigenvalue weighted by atomic mass is 9.79. The Labute approximate surface area is 85.3 Å². The van der Waals surface area contributed by atoms with Gasteiger partial charge in [-0.2, -0.15) is 0 Å². The molecule has 2 heteroatoms. The first-order chi connectivity index (χ1) is 6.72. The summed E-state index contributed by atoms with van der Waals surface area (Å²) in [7, 11) is 0. The number of benzene rings is 1. The summed E-state index contributed by atoms with van der Waals surface area (Å²) in [5, 5.41) is 0. The number of hydrogen-bond acceptors (Lipinski definition) is 2. The molecule has 1 aliphatic carbocycles. The molecule has 2 atom stereocenters. The third-order valence-electron chi connectivity index (χ3n) is 3.22. The van der Waals surface area contributed by atoms with Crippen LogP contribution in [-0.2, 0) is 6.42 Å². The van der Waals surface area contributed by atoms with E-state index in [4.69, 9.17) is 11.5 Å². The maximum atomic E-state index is 6.06. The van der Waals surface area contributed by atoms with Crippen molar-refractivity contribution < 1.29 is 0 Å². The first kappa shape index (κ1) is 9.69. The van der Waals surface area contributed by atoms with Gasteiger partial charge in [-0.25, -0.2) is 0 Å².